The lowest BCUT2D eigenvalue weighted by Gasteiger charge is -2.19. The number of rotatable bonds is 10. The molecule has 1 atom stereocenters. The van der Waals surface area contributed by atoms with Crippen LogP contribution in [0.5, 0.6) is 11.5 Å². The molecule has 0 aliphatic heterocycles. The Hall–Kier alpha value is -1.71. The molecule has 136 valence electrons. The van der Waals surface area contributed by atoms with Crippen LogP contribution in [-0.4, -0.2) is 19.1 Å². The van der Waals surface area contributed by atoms with Crippen molar-refractivity contribution in [1.29, 1.82) is 0 Å². The van der Waals surface area contributed by atoms with Crippen LogP contribution in [0.15, 0.2) is 12.1 Å². The summed E-state index contributed by atoms with van der Waals surface area (Å²) in [4.78, 5) is 12.1. The van der Waals surface area contributed by atoms with Gasteiger partial charge in [0.25, 0.3) is 0 Å². The molecule has 1 unspecified atom stereocenters. The zero-order valence-corrected chi connectivity index (χ0v) is 16.1. The molecule has 1 rings (SSSR count). The molecule has 1 aromatic rings. The third kappa shape index (κ3) is 6.42. The highest BCUT2D eigenvalue weighted by molar-refractivity contribution is 5.76. The van der Waals surface area contributed by atoms with Crippen LogP contribution in [0.25, 0.3) is 0 Å². The van der Waals surface area contributed by atoms with Crippen molar-refractivity contribution < 1.29 is 14.3 Å². The topological polar surface area (TPSA) is 47.6 Å². The van der Waals surface area contributed by atoms with Crippen LogP contribution >= 0.6 is 0 Å². The zero-order chi connectivity index (χ0) is 18.1. The van der Waals surface area contributed by atoms with E-state index in [0.29, 0.717) is 25.6 Å². The Labute approximate surface area is 146 Å². The largest absolute Gasteiger partial charge is 0.493 e. The Morgan fingerprint density at radius 2 is 1.62 bits per heavy atom. The highest BCUT2D eigenvalue weighted by Crippen LogP contribution is 2.32. The second-order valence-corrected chi connectivity index (χ2v) is 6.58. The lowest BCUT2D eigenvalue weighted by molar-refractivity contribution is -0.121. The molecule has 0 saturated carbocycles. The first-order chi connectivity index (χ1) is 11.4. The molecule has 4 heteroatoms. The van der Waals surface area contributed by atoms with Gasteiger partial charge in [-0.1, -0.05) is 20.3 Å². The first-order valence-corrected chi connectivity index (χ1v) is 9.08. The van der Waals surface area contributed by atoms with Gasteiger partial charge in [-0.3, -0.25) is 4.79 Å². The van der Waals surface area contributed by atoms with E-state index in [-0.39, 0.29) is 11.9 Å². The molecule has 1 amide bonds. The third-order valence-corrected chi connectivity index (χ3v) is 4.00. The number of benzene rings is 1. The molecule has 0 heterocycles. The van der Waals surface area contributed by atoms with Gasteiger partial charge in [-0.05, 0) is 57.7 Å². The van der Waals surface area contributed by atoms with E-state index in [1.165, 1.54) is 0 Å². The quantitative estimate of drug-likeness (QED) is 0.668. The molecule has 4 nitrogen and oxygen atoms in total. The maximum absolute atomic E-state index is 12.1. The van der Waals surface area contributed by atoms with Crippen molar-refractivity contribution in [3.63, 3.8) is 0 Å². The first-order valence-electron chi connectivity index (χ1n) is 9.08. The average molecular weight is 335 g/mol. The summed E-state index contributed by atoms with van der Waals surface area (Å²) in [5.41, 5.74) is 2.00. The van der Waals surface area contributed by atoms with E-state index < -0.39 is 0 Å². The summed E-state index contributed by atoms with van der Waals surface area (Å²) >= 11 is 0. The molecule has 0 bridgehead atoms. The average Bonchev–Trinajstić information content (AvgIpc) is 2.51. The Bertz CT molecular complexity index is 499. The molecule has 0 fully saturated rings. The van der Waals surface area contributed by atoms with Gasteiger partial charge in [0.2, 0.25) is 5.91 Å². The van der Waals surface area contributed by atoms with Crippen molar-refractivity contribution in [2.24, 2.45) is 5.92 Å². The smallest absolute Gasteiger partial charge is 0.220 e. The standard InChI is InChI=1S/C20H33NO3/c1-7-23-18-12-17(13-19(15(18)5)24-8-2)16(6)21-20(22)11-9-10-14(3)4/h12-14,16H,7-11H2,1-6H3,(H,21,22). The van der Waals surface area contributed by atoms with E-state index in [2.05, 4.69) is 19.2 Å². The second kappa shape index (κ2) is 10.2. The van der Waals surface area contributed by atoms with Gasteiger partial charge in [-0.15, -0.1) is 0 Å². The Kier molecular flexibility index (Phi) is 8.66. The molecular weight excluding hydrogens is 302 g/mol. The SMILES string of the molecule is CCOc1cc(C(C)NC(=O)CCCC(C)C)cc(OCC)c1C. The number of hydrogen-bond donors (Lipinski definition) is 1. The fourth-order valence-corrected chi connectivity index (χ4v) is 2.61. The van der Waals surface area contributed by atoms with Gasteiger partial charge >= 0.3 is 0 Å². The summed E-state index contributed by atoms with van der Waals surface area (Å²) in [6, 6.07) is 3.93. The van der Waals surface area contributed by atoms with Crippen LogP contribution in [0.1, 0.15) is 71.0 Å². The Morgan fingerprint density at radius 1 is 1.08 bits per heavy atom. The summed E-state index contributed by atoms with van der Waals surface area (Å²) in [6.45, 7) is 13.5. The molecular formula is C20H33NO3. The second-order valence-electron chi connectivity index (χ2n) is 6.58. The van der Waals surface area contributed by atoms with Crippen molar-refractivity contribution >= 4 is 5.91 Å². The van der Waals surface area contributed by atoms with Crippen molar-refractivity contribution in [2.75, 3.05) is 13.2 Å². The number of hydrogen-bond acceptors (Lipinski definition) is 3. The molecule has 0 saturated heterocycles. The molecule has 0 aliphatic carbocycles. The molecule has 0 spiro atoms. The summed E-state index contributed by atoms with van der Waals surface area (Å²) in [5.74, 6) is 2.37. The number of nitrogens with one attached hydrogen (secondary N) is 1. The summed E-state index contributed by atoms with van der Waals surface area (Å²) in [7, 11) is 0. The van der Waals surface area contributed by atoms with Gasteiger partial charge in [-0.25, -0.2) is 0 Å². The van der Waals surface area contributed by atoms with E-state index in [4.69, 9.17) is 9.47 Å². The van der Waals surface area contributed by atoms with E-state index in [1.54, 1.807) is 0 Å². The van der Waals surface area contributed by atoms with Gasteiger partial charge in [0.15, 0.2) is 0 Å². The third-order valence-electron chi connectivity index (χ3n) is 4.00. The normalized spacial score (nSPS) is 12.1. The van der Waals surface area contributed by atoms with Gasteiger partial charge < -0.3 is 14.8 Å². The van der Waals surface area contributed by atoms with Crippen molar-refractivity contribution in [3.05, 3.63) is 23.3 Å². The monoisotopic (exact) mass is 335 g/mol. The predicted octanol–water partition coefficient (Wildman–Crippen LogP) is 4.80. The molecule has 1 N–H and O–H groups in total. The molecule has 24 heavy (non-hydrogen) atoms. The minimum absolute atomic E-state index is 0.0736. The fourth-order valence-electron chi connectivity index (χ4n) is 2.61. The highest BCUT2D eigenvalue weighted by atomic mass is 16.5. The van der Waals surface area contributed by atoms with Crippen LogP contribution in [-0.2, 0) is 4.79 Å². The molecule has 0 aromatic heterocycles. The van der Waals surface area contributed by atoms with Gasteiger partial charge in [0.05, 0.1) is 19.3 Å². The minimum atomic E-state index is -0.0736. The number of amides is 1. The first kappa shape index (κ1) is 20.3. The predicted molar refractivity (Wildman–Crippen MR) is 98.8 cm³/mol. The lowest BCUT2D eigenvalue weighted by Crippen LogP contribution is -2.26. The zero-order valence-electron chi connectivity index (χ0n) is 16.1. The number of ether oxygens (including phenoxy) is 2. The minimum Gasteiger partial charge on any atom is -0.493 e. The number of carbonyl (C=O) groups excluding carboxylic acids is 1. The van der Waals surface area contributed by atoms with E-state index in [1.807, 2.05) is 39.8 Å². The lowest BCUT2D eigenvalue weighted by atomic mass is 10.0. The van der Waals surface area contributed by atoms with Crippen LogP contribution in [0.4, 0.5) is 0 Å². The van der Waals surface area contributed by atoms with Crippen LogP contribution in [0.3, 0.4) is 0 Å². The van der Waals surface area contributed by atoms with Gasteiger partial charge in [0, 0.05) is 12.0 Å². The summed E-state index contributed by atoms with van der Waals surface area (Å²) in [6.07, 6.45) is 2.58. The van der Waals surface area contributed by atoms with Gasteiger partial charge in [-0.2, -0.15) is 0 Å². The van der Waals surface area contributed by atoms with E-state index in [0.717, 1.165) is 35.5 Å². The highest BCUT2D eigenvalue weighted by Gasteiger charge is 2.15. The van der Waals surface area contributed by atoms with E-state index >= 15 is 0 Å². The molecule has 0 aliphatic rings. The summed E-state index contributed by atoms with van der Waals surface area (Å²) in [5, 5.41) is 3.08. The Morgan fingerprint density at radius 3 is 2.08 bits per heavy atom. The van der Waals surface area contributed by atoms with Crippen LogP contribution in [0.2, 0.25) is 0 Å². The molecule has 1 aromatic carbocycles. The maximum Gasteiger partial charge on any atom is 0.220 e. The molecule has 0 radical (unpaired) electrons. The Balaban J connectivity index is 2.81. The van der Waals surface area contributed by atoms with Crippen molar-refractivity contribution in [1.82, 2.24) is 5.32 Å². The number of carbonyl (C=O) groups is 1. The van der Waals surface area contributed by atoms with Crippen molar-refractivity contribution in [3.8, 4) is 11.5 Å². The van der Waals surface area contributed by atoms with E-state index in [9.17, 15) is 4.79 Å². The van der Waals surface area contributed by atoms with Crippen LogP contribution < -0.4 is 14.8 Å². The fraction of sp³-hybridized carbons (Fsp3) is 0.650. The van der Waals surface area contributed by atoms with Crippen molar-refractivity contribution in [2.45, 2.75) is 66.8 Å². The summed E-state index contributed by atoms with van der Waals surface area (Å²) < 4.78 is 11.4. The van der Waals surface area contributed by atoms with Crippen LogP contribution in [0, 0.1) is 12.8 Å². The van der Waals surface area contributed by atoms with Gasteiger partial charge in [0.1, 0.15) is 11.5 Å². The maximum atomic E-state index is 12.1.